The summed E-state index contributed by atoms with van der Waals surface area (Å²) in [6.45, 7) is 0. The average Bonchev–Trinajstić information content (AvgIpc) is 2.99. The summed E-state index contributed by atoms with van der Waals surface area (Å²) in [5.74, 6) is 0.853. The molecule has 0 atom stereocenters. The van der Waals surface area contributed by atoms with Crippen LogP contribution in [0.2, 0.25) is 0 Å². The second-order valence-corrected chi connectivity index (χ2v) is 4.71. The van der Waals surface area contributed by atoms with Crippen molar-refractivity contribution in [2.24, 2.45) is 0 Å². The monoisotopic (exact) mass is 243 g/mol. The Kier molecular flexibility index (Phi) is 2.45. The van der Waals surface area contributed by atoms with Gasteiger partial charge in [-0.3, -0.25) is 9.20 Å². The summed E-state index contributed by atoms with van der Waals surface area (Å²) in [4.78, 5) is 12.0. The van der Waals surface area contributed by atoms with Gasteiger partial charge in [0, 0.05) is 23.1 Å². The number of hydrogen-bond donors (Lipinski definition) is 0. The molecular weight excluding hydrogens is 234 g/mol. The van der Waals surface area contributed by atoms with Crippen LogP contribution in [0.5, 0.6) is 0 Å². The topological polar surface area (TPSA) is 47.3 Å². The molecule has 0 aliphatic rings. The average molecular weight is 243 g/mol. The lowest BCUT2D eigenvalue weighted by Crippen LogP contribution is -1.96. The third kappa shape index (κ3) is 1.85. The van der Waals surface area contributed by atoms with Gasteiger partial charge in [0.15, 0.2) is 11.9 Å². The van der Waals surface area contributed by atoms with E-state index >= 15 is 0 Å². The van der Waals surface area contributed by atoms with Gasteiger partial charge in [-0.2, -0.15) is 0 Å². The lowest BCUT2D eigenvalue weighted by atomic mass is 10.3. The number of aldehydes is 1. The minimum atomic E-state index is 0.629. The van der Waals surface area contributed by atoms with Gasteiger partial charge in [0.25, 0.3) is 0 Å². The summed E-state index contributed by atoms with van der Waals surface area (Å²) in [5, 5.41) is 10.3. The minimum Gasteiger partial charge on any atom is -0.298 e. The van der Waals surface area contributed by atoms with Crippen LogP contribution in [0.3, 0.4) is 0 Å². The molecule has 0 amide bonds. The summed E-state index contributed by atoms with van der Waals surface area (Å²) in [6, 6.07) is 7.62. The van der Waals surface area contributed by atoms with E-state index in [4.69, 9.17) is 0 Å². The van der Waals surface area contributed by atoms with E-state index in [1.165, 1.54) is 4.88 Å². The van der Waals surface area contributed by atoms with Gasteiger partial charge in [-0.05, 0) is 23.6 Å². The van der Waals surface area contributed by atoms with Crippen LogP contribution in [-0.2, 0) is 6.42 Å². The van der Waals surface area contributed by atoms with E-state index in [2.05, 4.69) is 16.3 Å². The maximum atomic E-state index is 10.7. The molecule has 3 aromatic heterocycles. The molecule has 0 aliphatic carbocycles. The zero-order valence-corrected chi connectivity index (χ0v) is 9.72. The molecule has 0 unspecified atom stereocenters. The zero-order valence-electron chi connectivity index (χ0n) is 8.91. The van der Waals surface area contributed by atoms with Gasteiger partial charge in [-0.25, -0.2) is 0 Å². The molecule has 0 radical (unpaired) electrons. The summed E-state index contributed by atoms with van der Waals surface area (Å²) in [6.07, 6.45) is 3.33. The molecule has 3 heterocycles. The summed E-state index contributed by atoms with van der Waals surface area (Å²) >= 11 is 1.69. The zero-order chi connectivity index (χ0) is 11.7. The summed E-state index contributed by atoms with van der Waals surface area (Å²) < 4.78 is 1.86. The molecule has 0 saturated heterocycles. The molecule has 5 heteroatoms. The maximum Gasteiger partial charge on any atom is 0.160 e. The Morgan fingerprint density at radius 3 is 3.00 bits per heavy atom. The molecule has 0 aromatic carbocycles. The Hall–Kier alpha value is -2.01. The van der Waals surface area contributed by atoms with Crippen molar-refractivity contribution in [1.82, 2.24) is 14.6 Å². The Morgan fingerprint density at radius 1 is 1.29 bits per heavy atom. The number of aromatic nitrogens is 3. The largest absolute Gasteiger partial charge is 0.298 e. The van der Waals surface area contributed by atoms with Crippen molar-refractivity contribution in [2.75, 3.05) is 0 Å². The van der Waals surface area contributed by atoms with Crippen LogP contribution in [-0.4, -0.2) is 20.9 Å². The van der Waals surface area contributed by atoms with E-state index < -0.39 is 0 Å². The summed E-state index contributed by atoms with van der Waals surface area (Å²) in [5.41, 5.74) is 1.40. The van der Waals surface area contributed by atoms with E-state index in [1.807, 2.05) is 15.8 Å². The number of pyridine rings is 1. The lowest BCUT2D eigenvalue weighted by Gasteiger charge is -1.98. The maximum absolute atomic E-state index is 10.7. The van der Waals surface area contributed by atoms with Crippen LogP contribution in [0.15, 0.2) is 35.8 Å². The fourth-order valence-electron chi connectivity index (χ4n) is 1.71. The molecule has 0 spiro atoms. The van der Waals surface area contributed by atoms with Crippen LogP contribution in [0, 0.1) is 0 Å². The van der Waals surface area contributed by atoms with Crippen LogP contribution in [0.4, 0.5) is 0 Å². The van der Waals surface area contributed by atoms with Gasteiger partial charge in [-0.15, -0.1) is 21.5 Å². The molecule has 84 valence electrons. The number of nitrogens with zero attached hydrogens (tertiary/aromatic N) is 3. The highest BCUT2D eigenvalue weighted by molar-refractivity contribution is 7.09. The van der Waals surface area contributed by atoms with Gasteiger partial charge in [-0.1, -0.05) is 6.07 Å². The fraction of sp³-hybridized carbons (Fsp3) is 0.0833. The van der Waals surface area contributed by atoms with Crippen LogP contribution in [0.25, 0.3) is 5.65 Å². The second-order valence-electron chi connectivity index (χ2n) is 3.68. The molecule has 3 rings (SSSR count). The molecule has 0 bridgehead atoms. The molecule has 0 aliphatic heterocycles. The standard InChI is InChI=1S/C12H9N3OS/c16-8-9-3-4-11-13-14-12(15(11)7-9)6-10-2-1-5-17-10/h1-5,7-8H,6H2. The fourth-order valence-corrected chi connectivity index (χ4v) is 2.42. The number of carbonyl (C=O) groups is 1. The Bertz CT molecular complexity index is 658. The molecular formula is C12H9N3OS. The van der Waals surface area contributed by atoms with Crippen LogP contribution >= 0.6 is 11.3 Å². The van der Waals surface area contributed by atoms with Crippen molar-refractivity contribution < 1.29 is 4.79 Å². The SMILES string of the molecule is O=Cc1ccc2nnc(Cc3cccs3)n2c1. The Labute approximate surface area is 102 Å². The van der Waals surface area contributed by atoms with Crippen molar-refractivity contribution in [3.63, 3.8) is 0 Å². The predicted molar refractivity (Wildman–Crippen MR) is 65.5 cm³/mol. The number of carbonyl (C=O) groups excluding carboxylic acids is 1. The van der Waals surface area contributed by atoms with Gasteiger partial charge in [0.2, 0.25) is 0 Å². The molecule has 4 nitrogen and oxygen atoms in total. The van der Waals surface area contributed by atoms with Crippen molar-refractivity contribution in [1.29, 1.82) is 0 Å². The highest BCUT2D eigenvalue weighted by Gasteiger charge is 2.07. The van der Waals surface area contributed by atoms with Crippen molar-refractivity contribution in [2.45, 2.75) is 6.42 Å². The lowest BCUT2D eigenvalue weighted by molar-refractivity contribution is 0.112. The smallest absolute Gasteiger partial charge is 0.160 e. The predicted octanol–water partition coefficient (Wildman–Crippen LogP) is 2.19. The van der Waals surface area contributed by atoms with Crippen LogP contribution < -0.4 is 0 Å². The Morgan fingerprint density at radius 2 is 2.24 bits per heavy atom. The number of thiophene rings is 1. The first-order valence-electron chi connectivity index (χ1n) is 5.18. The first kappa shape index (κ1) is 10.2. The second kappa shape index (κ2) is 4.10. The van der Waals surface area contributed by atoms with Gasteiger partial charge in [0.05, 0.1) is 0 Å². The van der Waals surface area contributed by atoms with E-state index in [1.54, 1.807) is 29.7 Å². The molecule has 17 heavy (non-hydrogen) atoms. The van der Waals surface area contributed by atoms with E-state index in [0.717, 1.165) is 24.2 Å². The van der Waals surface area contributed by atoms with Crippen LogP contribution in [0.1, 0.15) is 21.1 Å². The number of rotatable bonds is 3. The molecule has 0 fully saturated rings. The first-order chi connectivity index (χ1) is 8.36. The first-order valence-corrected chi connectivity index (χ1v) is 6.06. The van der Waals surface area contributed by atoms with Gasteiger partial charge < -0.3 is 0 Å². The highest BCUT2D eigenvalue weighted by Crippen LogP contribution is 2.14. The normalized spacial score (nSPS) is 10.8. The molecule has 0 N–H and O–H groups in total. The van der Waals surface area contributed by atoms with Crippen molar-refractivity contribution in [3.05, 3.63) is 52.1 Å². The van der Waals surface area contributed by atoms with Gasteiger partial charge in [0.1, 0.15) is 5.82 Å². The van der Waals surface area contributed by atoms with E-state index in [9.17, 15) is 4.79 Å². The number of hydrogen-bond acceptors (Lipinski definition) is 4. The minimum absolute atomic E-state index is 0.629. The number of fused-ring (bicyclic) bond motifs is 1. The highest BCUT2D eigenvalue weighted by atomic mass is 32.1. The van der Waals surface area contributed by atoms with E-state index in [0.29, 0.717) is 5.56 Å². The Balaban J connectivity index is 2.07. The third-order valence-electron chi connectivity index (χ3n) is 2.54. The van der Waals surface area contributed by atoms with Crippen molar-refractivity contribution in [3.8, 4) is 0 Å². The molecule has 3 aromatic rings. The molecule has 0 saturated carbocycles. The quantitative estimate of drug-likeness (QED) is 0.662. The summed E-state index contributed by atoms with van der Waals surface area (Å²) in [7, 11) is 0. The third-order valence-corrected chi connectivity index (χ3v) is 3.42. The van der Waals surface area contributed by atoms with Gasteiger partial charge >= 0.3 is 0 Å². The van der Waals surface area contributed by atoms with E-state index in [-0.39, 0.29) is 0 Å². The van der Waals surface area contributed by atoms with Crippen molar-refractivity contribution >= 4 is 23.3 Å².